The highest BCUT2D eigenvalue weighted by molar-refractivity contribution is 7.80. The summed E-state index contributed by atoms with van der Waals surface area (Å²) in [5.74, 6) is -1.01. The van der Waals surface area contributed by atoms with E-state index in [0.29, 0.717) is 4.90 Å². The smallest absolute Gasteiger partial charge is 0.320 e. The molecule has 0 aliphatic rings. The Kier molecular flexibility index (Phi) is 3.27. The first-order valence-electron chi connectivity index (χ1n) is 3.71. The second-order valence-corrected chi connectivity index (χ2v) is 3.22. The molecule has 1 unspecified atom stereocenters. The van der Waals surface area contributed by atoms with Gasteiger partial charge >= 0.3 is 5.97 Å². The number of pyridine rings is 1. The van der Waals surface area contributed by atoms with Crippen LogP contribution in [0.15, 0.2) is 23.4 Å². The fraction of sp³-hybridized carbons (Fsp3) is 0.250. The van der Waals surface area contributed by atoms with E-state index < -0.39 is 12.0 Å². The fourth-order valence-electron chi connectivity index (χ4n) is 0.927. The summed E-state index contributed by atoms with van der Waals surface area (Å²) in [6.07, 6.45) is 3.44. The zero-order valence-corrected chi connectivity index (χ0v) is 7.74. The maximum atomic E-state index is 10.4. The monoisotopic (exact) mass is 198 g/mol. The van der Waals surface area contributed by atoms with Crippen LogP contribution in [0.5, 0.6) is 0 Å². The molecule has 70 valence electrons. The maximum Gasteiger partial charge on any atom is 0.320 e. The Morgan fingerprint density at radius 2 is 2.38 bits per heavy atom. The van der Waals surface area contributed by atoms with Crippen molar-refractivity contribution in [3.63, 3.8) is 0 Å². The van der Waals surface area contributed by atoms with E-state index in [1.54, 1.807) is 18.5 Å². The molecule has 0 saturated carbocycles. The van der Waals surface area contributed by atoms with Crippen LogP contribution in [0.1, 0.15) is 5.56 Å². The maximum absolute atomic E-state index is 10.4. The van der Waals surface area contributed by atoms with Crippen LogP contribution in [-0.2, 0) is 11.2 Å². The summed E-state index contributed by atoms with van der Waals surface area (Å²) in [7, 11) is 0. The second-order valence-electron chi connectivity index (χ2n) is 2.70. The van der Waals surface area contributed by atoms with Crippen LogP contribution in [0, 0.1) is 0 Å². The van der Waals surface area contributed by atoms with Gasteiger partial charge in [-0.05, 0) is 18.1 Å². The first-order valence-corrected chi connectivity index (χ1v) is 4.15. The number of rotatable bonds is 3. The third kappa shape index (κ3) is 3.04. The molecule has 1 rings (SSSR count). The molecule has 0 aliphatic heterocycles. The van der Waals surface area contributed by atoms with Crippen LogP contribution < -0.4 is 5.73 Å². The number of hydrogen-bond donors (Lipinski definition) is 3. The second kappa shape index (κ2) is 4.25. The van der Waals surface area contributed by atoms with Crippen LogP contribution >= 0.6 is 12.6 Å². The zero-order valence-electron chi connectivity index (χ0n) is 6.84. The van der Waals surface area contributed by atoms with Crippen molar-refractivity contribution in [2.45, 2.75) is 17.4 Å². The van der Waals surface area contributed by atoms with Crippen molar-refractivity contribution < 1.29 is 9.90 Å². The van der Waals surface area contributed by atoms with Crippen molar-refractivity contribution in [3.05, 3.63) is 24.0 Å². The highest BCUT2D eigenvalue weighted by Crippen LogP contribution is 2.07. The number of hydrogen-bond acceptors (Lipinski definition) is 4. The van der Waals surface area contributed by atoms with Gasteiger partial charge < -0.3 is 10.8 Å². The summed E-state index contributed by atoms with van der Waals surface area (Å²) >= 11 is 4.08. The lowest BCUT2D eigenvalue weighted by Crippen LogP contribution is -2.32. The Balaban J connectivity index is 2.69. The molecule has 0 fully saturated rings. The lowest BCUT2D eigenvalue weighted by molar-refractivity contribution is -0.138. The molecule has 0 saturated heterocycles. The van der Waals surface area contributed by atoms with Crippen molar-refractivity contribution in [2.75, 3.05) is 0 Å². The van der Waals surface area contributed by atoms with E-state index in [0.717, 1.165) is 5.56 Å². The van der Waals surface area contributed by atoms with E-state index in [-0.39, 0.29) is 6.42 Å². The molecule has 0 amide bonds. The van der Waals surface area contributed by atoms with Gasteiger partial charge in [0.25, 0.3) is 0 Å². The summed E-state index contributed by atoms with van der Waals surface area (Å²) in [5, 5.41) is 8.55. The van der Waals surface area contributed by atoms with Crippen LogP contribution in [0.4, 0.5) is 0 Å². The van der Waals surface area contributed by atoms with Gasteiger partial charge in [-0.1, -0.05) is 0 Å². The molecule has 0 spiro atoms. The van der Waals surface area contributed by atoms with Crippen LogP contribution in [0.3, 0.4) is 0 Å². The number of carboxylic acids is 1. The number of nitrogens with two attached hydrogens (primary N) is 1. The Labute approximate surface area is 81.2 Å². The molecule has 4 nitrogen and oxygen atoms in total. The quantitative estimate of drug-likeness (QED) is 0.611. The van der Waals surface area contributed by atoms with Crippen LogP contribution in [0.25, 0.3) is 0 Å². The van der Waals surface area contributed by atoms with E-state index >= 15 is 0 Å². The SMILES string of the molecule is NC(Cc1cncc(S)c1)C(=O)O. The van der Waals surface area contributed by atoms with Crippen molar-refractivity contribution >= 4 is 18.6 Å². The van der Waals surface area contributed by atoms with Crippen molar-refractivity contribution in [1.29, 1.82) is 0 Å². The van der Waals surface area contributed by atoms with E-state index in [2.05, 4.69) is 17.6 Å². The first-order chi connectivity index (χ1) is 6.09. The van der Waals surface area contributed by atoms with Crippen molar-refractivity contribution in [2.24, 2.45) is 5.73 Å². The van der Waals surface area contributed by atoms with E-state index in [1.165, 1.54) is 0 Å². The number of nitrogens with zero attached hydrogens (tertiary/aromatic N) is 1. The summed E-state index contributed by atoms with van der Waals surface area (Å²) < 4.78 is 0. The fourth-order valence-corrected chi connectivity index (χ4v) is 1.16. The molecule has 1 atom stereocenters. The molecule has 3 N–H and O–H groups in total. The molecule has 1 heterocycles. The number of thiol groups is 1. The van der Waals surface area contributed by atoms with Gasteiger partial charge in [-0.3, -0.25) is 9.78 Å². The zero-order chi connectivity index (χ0) is 9.84. The van der Waals surface area contributed by atoms with Gasteiger partial charge in [-0.25, -0.2) is 0 Å². The van der Waals surface area contributed by atoms with Gasteiger partial charge in [-0.2, -0.15) is 0 Å². The standard InChI is InChI=1S/C8H10N2O2S/c9-7(8(11)12)2-5-1-6(13)4-10-3-5/h1,3-4,7,13H,2,9H2,(H,11,12). The Morgan fingerprint density at radius 1 is 1.69 bits per heavy atom. The predicted molar refractivity (Wildman–Crippen MR) is 50.8 cm³/mol. The summed E-state index contributed by atoms with van der Waals surface area (Å²) in [5.41, 5.74) is 6.13. The lowest BCUT2D eigenvalue weighted by atomic mass is 10.1. The Hall–Kier alpha value is -1.07. The first kappa shape index (κ1) is 10.0. The summed E-state index contributed by atoms with van der Waals surface area (Å²) in [6, 6.07) is 0.871. The number of aromatic nitrogens is 1. The average Bonchev–Trinajstić information content (AvgIpc) is 2.04. The van der Waals surface area contributed by atoms with Gasteiger partial charge in [0, 0.05) is 17.3 Å². The third-order valence-corrected chi connectivity index (χ3v) is 1.80. The normalized spacial score (nSPS) is 12.5. The topological polar surface area (TPSA) is 76.2 Å². The highest BCUT2D eigenvalue weighted by atomic mass is 32.1. The number of carboxylic acid groups (broad SMARTS) is 1. The molecular formula is C8H10N2O2S. The van der Waals surface area contributed by atoms with E-state index in [9.17, 15) is 4.79 Å². The van der Waals surface area contributed by atoms with Gasteiger partial charge in [0.1, 0.15) is 6.04 Å². The van der Waals surface area contributed by atoms with Gasteiger partial charge in [0.05, 0.1) is 0 Å². The largest absolute Gasteiger partial charge is 0.480 e. The predicted octanol–water partition coefficient (Wildman–Crippen LogP) is 0.325. The minimum atomic E-state index is -1.01. The Morgan fingerprint density at radius 3 is 2.92 bits per heavy atom. The van der Waals surface area contributed by atoms with E-state index in [4.69, 9.17) is 10.8 Å². The molecule has 1 aromatic heterocycles. The molecule has 0 bridgehead atoms. The van der Waals surface area contributed by atoms with Gasteiger partial charge in [0.15, 0.2) is 0 Å². The number of carbonyl (C=O) groups is 1. The summed E-state index contributed by atoms with van der Waals surface area (Å²) in [4.78, 5) is 15.0. The molecule has 0 aromatic carbocycles. The third-order valence-electron chi connectivity index (χ3n) is 1.55. The van der Waals surface area contributed by atoms with Gasteiger partial charge in [-0.15, -0.1) is 12.6 Å². The van der Waals surface area contributed by atoms with Crippen molar-refractivity contribution in [3.8, 4) is 0 Å². The van der Waals surface area contributed by atoms with E-state index in [1.807, 2.05) is 0 Å². The molecule has 13 heavy (non-hydrogen) atoms. The summed E-state index contributed by atoms with van der Waals surface area (Å²) in [6.45, 7) is 0. The van der Waals surface area contributed by atoms with Crippen molar-refractivity contribution in [1.82, 2.24) is 4.98 Å². The molecule has 5 heteroatoms. The molecule has 0 aliphatic carbocycles. The van der Waals surface area contributed by atoms with Crippen LogP contribution in [0.2, 0.25) is 0 Å². The van der Waals surface area contributed by atoms with Crippen LogP contribution in [-0.4, -0.2) is 22.1 Å². The molecular weight excluding hydrogens is 188 g/mol. The lowest BCUT2D eigenvalue weighted by Gasteiger charge is -2.05. The molecule has 0 radical (unpaired) electrons. The number of aliphatic carboxylic acids is 1. The average molecular weight is 198 g/mol. The van der Waals surface area contributed by atoms with Gasteiger partial charge in [0.2, 0.25) is 0 Å². The highest BCUT2D eigenvalue weighted by Gasteiger charge is 2.11. The Bertz CT molecular complexity index is 317. The molecule has 1 aromatic rings. The minimum absolute atomic E-state index is 0.275. The minimum Gasteiger partial charge on any atom is -0.480 e.